The molecule has 72 valence electrons. The molecular weight excluding hydrogens is 198 g/mol. The Labute approximate surface area is 85.3 Å². The number of aromatic nitrogens is 1. The van der Waals surface area contributed by atoms with E-state index < -0.39 is 0 Å². The van der Waals surface area contributed by atoms with Gasteiger partial charge in [-0.15, -0.1) is 11.3 Å². The van der Waals surface area contributed by atoms with Gasteiger partial charge in [-0.2, -0.15) is 0 Å². The normalized spacial score (nSPS) is 10.4. The lowest BCUT2D eigenvalue weighted by Crippen LogP contribution is -1.89. The lowest BCUT2D eigenvalue weighted by molar-refractivity contribution is 0.112. The standard InChI is InChI=1S/C10H9NO2S/c1-6-11-8-3-4-9(13-2)7(5-12)10(8)14-6/h3-5H,1-2H3. The number of nitrogens with zero attached hydrogens (tertiary/aromatic N) is 1. The number of carbonyl (C=O) groups is 1. The van der Waals surface area contributed by atoms with Crippen molar-refractivity contribution in [3.8, 4) is 5.75 Å². The zero-order valence-electron chi connectivity index (χ0n) is 7.90. The highest BCUT2D eigenvalue weighted by Gasteiger charge is 2.10. The molecule has 0 aliphatic rings. The molecule has 14 heavy (non-hydrogen) atoms. The molecule has 0 radical (unpaired) electrons. The fourth-order valence-electron chi connectivity index (χ4n) is 1.40. The van der Waals surface area contributed by atoms with Gasteiger partial charge in [0.1, 0.15) is 5.75 Å². The van der Waals surface area contributed by atoms with Gasteiger partial charge in [0.05, 0.1) is 27.9 Å². The van der Waals surface area contributed by atoms with Gasteiger partial charge in [-0.05, 0) is 19.1 Å². The van der Waals surface area contributed by atoms with Gasteiger partial charge < -0.3 is 4.74 Å². The second-order valence-corrected chi connectivity index (χ2v) is 4.08. The fraction of sp³-hybridized carbons (Fsp3) is 0.200. The first-order chi connectivity index (χ1) is 6.76. The molecule has 0 spiro atoms. The first kappa shape index (κ1) is 9.15. The van der Waals surface area contributed by atoms with Crippen molar-refractivity contribution in [1.29, 1.82) is 0 Å². The van der Waals surface area contributed by atoms with Crippen LogP contribution in [0, 0.1) is 6.92 Å². The van der Waals surface area contributed by atoms with Gasteiger partial charge in [0.2, 0.25) is 0 Å². The molecule has 0 amide bonds. The molecular formula is C10H9NO2S. The molecule has 2 aromatic rings. The van der Waals surface area contributed by atoms with Gasteiger partial charge in [-0.3, -0.25) is 4.79 Å². The molecule has 1 aromatic carbocycles. The van der Waals surface area contributed by atoms with Crippen LogP contribution in [0.3, 0.4) is 0 Å². The summed E-state index contributed by atoms with van der Waals surface area (Å²) >= 11 is 1.51. The number of ether oxygens (including phenoxy) is 1. The Bertz CT molecular complexity index is 490. The summed E-state index contributed by atoms with van der Waals surface area (Å²) in [5, 5.41) is 0.955. The fourth-order valence-corrected chi connectivity index (χ4v) is 2.31. The van der Waals surface area contributed by atoms with Crippen molar-refractivity contribution in [3.05, 3.63) is 22.7 Å². The summed E-state index contributed by atoms with van der Waals surface area (Å²) in [4.78, 5) is 15.2. The van der Waals surface area contributed by atoms with E-state index in [1.807, 2.05) is 13.0 Å². The molecule has 1 aromatic heterocycles. The summed E-state index contributed by atoms with van der Waals surface area (Å²) in [6.07, 6.45) is 0.818. The van der Waals surface area contributed by atoms with Crippen molar-refractivity contribution in [2.75, 3.05) is 7.11 Å². The minimum Gasteiger partial charge on any atom is -0.496 e. The van der Waals surface area contributed by atoms with E-state index in [-0.39, 0.29) is 0 Å². The molecule has 0 unspecified atom stereocenters. The number of aryl methyl sites for hydroxylation is 1. The third kappa shape index (κ3) is 1.28. The van der Waals surface area contributed by atoms with Crippen LogP contribution in [0.25, 0.3) is 10.2 Å². The average molecular weight is 207 g/mol. The monoisotopic (exact) mass is 207 g/mol. The predicted molar refractivity (Wildman–Crippen MR) is 56.3 cm³/mol. The van der Waals surface area contributed by atoms with Gasteiger partial charge >= 0.3 is 0 Å². The Morgan fingerprint density at radius 2 is 2.29 bits per heavy atom. The number of hydrogen-bond donors (Lipinski definition) is 0. The summed E-state index contributed by atoms with van der Waals surface area (Å²) in [6.45, 7) is 1.92. The zero-order valence-corrected chi connectivity index (χ0v) is 8.72. The van der Waals surface area contributed by atoms with E-state index in [0.717, 1.165) is 21.5 Å². The molecule has 0 bridgehead atoms. The van der Waals surface area contributed by atoms with Gasteiger partial charge in [0.25, 0.3) is 0 Å². The van der Waals surface area contributed by atoms with Crippen LogP contribution in [0.15, 0.2) is 12.1 Å². The minimum absolute atomic E-state index is 0.593. The van der Waals surface area contributed by atoms with Crippen LogP contribution in [-0.2, 0) is 0 Å². The van der Waals surface area contributed by atoms with Crippen molar-refractivity contribution in [3.63, 3.8) is 0 Å². The van der Waals surface area contributed by atoms with Crippen molar-refractivity contribution in [2.24, 2.45) is 0 Å². The molecule has 0 atom stereocenters. The first-order valence-corrected chi connectivity index (χ1v) is 4.97. The van der Waals surface area contributed by atoms with E-state index in [2.05, 4.69) is 4.98 Å². The predicted octanol–water partition coefficient (Wildman–Crippen LogP) is 2.43. The Morgan fingerprint density at radius 1 is 1.50 bits per heavy atom. The van der Waals surface area contributed by atoms with Gasteiger partial charge in [0.15, 0.2) is 6.29 Å². The van der Waals surface area contributed by atoms with E-state index in [4.69, 9.17) is 4.74 Å². The highest BCUT2D eigenvalue weighted by atomic mass is 32.1. The summed E-state index contributed by atoms with van der Waals surface area (Å²) in [5.74, 6) is 0.608. The quantitative estimate of drug-likeness (QED) is 0.710. The van der Waals surface area contributed by atoms with E-state index in [1.54, 1.807) is 13.2 Å². The Balaban J connectivity index is 2.82. The summed E-state index contributed by atoms with van der Waals surface area (Å²) in [7, 11) is 1.56. The van der Waals surface area contributed by atoms with Crippen molar-refractivity contribution >= 4 is 27.8 Å². The first-order valence-electron chi connectivity index (χ1n) is 4.15. The average Bonchev–Trinajstić information content (AvgIpc) is 2.56. The van der Waals surface area contributed by atoms with Crippen molar-refractivity contribution < 1.29 is 9.53 Å². The molecule has 0 saturated heterocycles. The van der Waals surface area contributed by atoms with Crippen LogP contribution in [0.1, 0.15) is 15.4 Å². The summed E-state index contributed by atoms with van der Waals surface area (Å²) in [6, 6.07) is 3.63. The van der Waals surface area contributed by atoms with Crippen LogP contribution < -0.4 is 4.74 Å². The van der Waals surface area contributed by atoms with Crippen LogP contribution in [0.4, 0.5) is 0 Å². The third-order valence-corrected chi connectivity index (χ3v) is 3.02. The number of carbonyl (C=O) groups excluding carboxylic acids is 1. The Kier molecular flexibility index (Phi) is 2.21. The number of fused-ring (bicyclic) bond motifs is 1. The molecule has 0 N–H and O–H groups in total. The van der Waals surface area contributed by atoms with Crippen LogP contribution in [0.5, 0.6) is 5.75 Å². The number of methoxy groups -OCH3 is 1. The van der Waals surface area contributed by atoms with E-state index in [1.165, 1.54) is 11.3 Å². The molecule has 4 heteroatoms. The molecule has 0 saturated carbocycles. The maximum Gasteiger partial charge on any atom is 0.155 e. The number of thiazole rings is 1. The lowest BCUT2D eigenvalue weighted by atomic mass is 10.2. The summed E-state index contributed by atoms with van der Waals surface area (Å²) in [5.41, 5.74) is 1.45. The van der Waals surface area contributed by atoms with Crippen LogP contribution >= 0.6 is 11.3 Å². The maximum absolute atomic E-state index is 10.9. The second kappa shape index (κ2) is 3.38. The molecule has 0 aliphatic carbocycles. The van der Waals surface area contributed by atoms with E-state index in [9.17, 15) is 4.79 Å². The highest BCUT2D eigenvalue weighted by Crippen LogP contribution is 2.30. The number of rotatable bonds is 2. The molecule has 3 nitrogen and oxygen atoms in total. The largest absolute Gasteiger partial charge is 0.496 e. The molecule has 1 heterocycles. The SMILES string of the molecule is COc1ccc2nc(C)sc2c1C=O. The van der Waals surface area contributed by atoms with Gasteiger partial charge in [-0.1, -0.05) is 0 Å². The zero-order chi connectivity index (χ0) is 10.1. The van der Waals surface area contributed by atoms with Gasteiger partial charge in [-0.25, -0.2) is 4.98 Å². The third-order valence-electron chi connectivity index (χ3n) is 2.00. The van der Waals surface area contributed by atoms with Crippen LogP contribution in [0.2, 0.25) is 0 Å². The van der Waals surface area contributed by atoms with Gasteiger partial charge in [0, 0.05) is 0 Å². The maximum atomic E-state index is 10.9. The molecule has 2 rings (SSSR count). The molecule has 0 fully saturated rings. The minimum atomic E-state index is 0.593. The second-order valence-electron chi connectivity index (χ2n) is 2.88. The van der Waals surface area contributed by atoms with Crippen molar-refractivity contribution in [1.82, 2.24) is 4.98 Å². The summed E-state index contributed by atoms with van der Waals surface area (Å²) < 4.78 is 6.00. The Hall–Kier alpha value is -1.42. The lowest BCUT2D eigenvalue weighted by Gasteiger charge is -2.02. The smallest absolute Gasteiger partial charge is 0.155 e. The topological polar surface area (TPSA) is 39.2 Å². The van der Waals surface area contributed by atoms with Crippen molar-refractivity contribution in [2.45, 2.75) is 6.92 Å². The number of aldehydes is 1. The van der Waals surface area contributed by atoms with Crippen LogP contribution in [-0.4, -0.2) is 18.4 Å². The highest BCUT2D eigenvalue weighted by molar-refractivity contribution is 7.18. The van der Waals surface area contributed by atoms with E-state index >= 15 is 0 Å². The number of benzene rings is 1. The Morgan fingerprint density at radius 3 is 2.93 bits per heavy atom. The molecule has 0 aliphatic heterocycles. The van der Waals surface area contributed by atoms with E-state index in [0.29, 0.717) is 11.3 Å². The number of hydrogen-bond acceptors (Lipinski definition) is 4.